The minimum Gasteiger partial charge on any atom is -0.459 e. The third kappa shape index (κ3) is 17.2. The first-order chi connectivity index (χ1) is 45.0. The number of hydrogen-bond acceptors (Lipinski definition) is 20. The van der Waals surface area contributed by atoms with Gasteiger partial charge < -0.3 is 56.8 Å². The highest BCUT2D eigenvalue weighted by molar-refractivity contribution is 5.93. The molecule has 10 rings (SSSR count). The zero-order valence-electron chi connectivity index (χ0n) is 49.3. The lowest BCUT2D eigenvalue weighted by Gasteiger charge is -2.44. The summed E-state index contributed by atoms with van der Waals surface area (Å²) in [6, 6.07) is 63.7. The van der Waals surface area contributed by atoms with E-state index < -0.39 is 122 Å². The zero-order valence-corrected chi connectivity index (χ0v) is 49.3. The number of benzene rings is 8. The van der Waals surface area contributed by atoms with E-state index in [1.54, 1.807) is 146 Å². The fraction of sp³-hybridized carbons (Fsp3) is 0.222. The summed E-state index contributed by atoms with van der Waals surface area (Å²) in [6.45, 7) is -1.60. The summed E-state index contributed by atoms with van der Waals surface area (Å²) < 4.78 is 74.7. The van der Waals surface area contributed by atoms with E-state index in [9.17, 15) is 38.4 Å². The van der Waals surface area contributed by atoms with Gasteiger partial charge in [0.25, 0.3) is 0 Å². The summed E-state index contributed by atoms with van der Waals surface area (Å²) >= 11 is 0. The van der Waals surface area contributed by atoms with Crippen LogP contribution in [0.4, 0.5) is 0 Å². The van der Waals surface area contributed by atoms with Gasteiger partial charge in [-0.15, -0.1) is 0 Å². The summed E-state index contributed by atoms with van der Waals surface area (Å²) in [5.74, 6) is -6.88. The van der Waals surface area contributed by atoms with Gasteiger partial charge in [-0.3, -0.25) is 0 Å². The molecule has 0 N–H and O–H groups in total. The van der Waals surface area contributed by atoms with Crippen LogP contribution in [0, 0.1) is 0 Å². The first-order valence-electron chi connectivity index (χ1n) is 29.5. The summed E-state index contributed by atoms with van der Waals surface area (Å²) in [4.78, 5) is 112. The molecule has 92 heavy (non-hydrogen) atoms. The molecule has 2 saturated heterocycles. The molecule has 0 aromatic heterocycles. The smallest absolute Gasteiger partial charge is 0.338 e. The normalized spacial score (nSPS) is 20.8. The standard InChI is InChI=1S/C72H62O20/c73-63(47-27-9-1-10-28-47)83-45-55-57(87-65(75)49-31-13-3-14-32-49)59(89-67(77)51-35-17-5-18-36-51)61(91-69(79)53-39-21-7-22-40-53)71(85-55)81-43-25-26-44-82-72-62(92-70(80)54-41-23-8-24-42-54)60(90-68(78)52-37-19-6-20-38-52)58(88-66(76)50-33-15-4-16-34-50)56(86-72)46-84-64(74)48-29-11-2-12-30-48/h1-24,27-42,55-62,71-72H,25-26,43-46H2/t55-,56-,57-,58-,59+,60+,61+,62+,71+,72+/m1/s1. The van der Waals surface area contributed by atoms with Crippen molar-refractivity contribution in [3.05, 3.63) is 287 Å². The molecule has 2 fully saturated rings. The van der Waals surface area contributed by atoms with Gasteiger partial charge in [-0.2, -0.15) is 0 Å². The average molecular weight is 1250 g/mol. The van der Waals surface area contributed by atoms with E-state index >= 15 is 0 Å². The number of unbranched alkanes of at least 4 members (excludes halogenated alkanes) is 1. The van der Waals surface area contributed by atoms with Gasteiger partial charge in [-0.1, -0.05) is 146 Å². The summed E-state index contributed by atoms with van der Waals surface area (Å²) in [6.07, 6.45) is -15.9. The van der Waals surface area contributed by atoms with E-state index in [4.69, 9.17) is 56.8 Å². The van der Waals surface area contributed by atoms with Crippen molar-refractivity contribution >= 4 is 47.8 Å². The molecule has 0 bridgehead atoms. The molecule has 20 heteroatoms. The largest absolute Gasteiger partial charge is 0.459 e. The second kappa shape index (κ2) is 32.2. The number of carbonyl (C=O) groups is 8. The molecule has 0 amide bonds. The van der Waals surface area contributed by atoms with Crippen LogP contribution >= 0.6 is 0 Å². The Bertz CT molecular complexity index is 3470. The van der Waals surface area contributed by atoms with E-state index in [1.807, 2.05) is 0 Å². The van der Waals surface area contributed by atoms with E-state index in [0.717, 1.165) is 0 Å². The fourth-order valence-electron chi connectivity index (χ4n) is 9.93. The van der Waals surface area contributed by atoms with Crippen molar-refractivity contribution in [3.8, 4) is 0 Å². The monoisotopic (exact) mass is 1250 g/mol. The number of ether oxygens (including phenoxy) is 12. The van der Waals surface area contributed by atoms with Crippen LogP contribution in [-0.4, -0.2) is 136 Å². The summed E-state index contributed by atoms with van der Waals surface area (Å²) in [5, 5.41) is 0. The SMILES string of the molecule is O=C(OC[C@H]1O[C@H](OCCCCO[C@H]2O[C@H](COC(=O)c3ccccc3)[C@@H](OC(=O)c3ccccc3)[C@H](OC(=O)c3ccccc3)[C@@H]2OC(=O)c2ccccc2)[C@@H](OC(=O)c2ccccc2)[C@@H](OC(=O)c2ccccc2)[C@@H]1OC(=O)c1ccccc1)c1ccccc1. The number of hydrogen-bond donors (Lipinski definition) is 0. The Labute approximate surface area is 528 Å². The van der Waals surface area contributed by atoms with Gasteiger partial charge in [0.2, 0.25) is 0 Å². The number of esters is 8. The maximum Gasteiger partial charge on any atom is 0.338 e. The molecule has 10 atom stereocenters. The van der Waals surface area contributed by atoms with E-state index in [2.05, 4.69) is 0 Å². The second-order valence-corrected chi connectivity index (χ2v) is 20.9. The molecule has 2 aliphatic heterocycles. The first-order valence-corrected chi connectivity index (χ1v) is 29.5. The van der Waals surface area contributed by atoms with Crippen LogP contribution in [-0.2, 0) is 56.8 Å². The lowest BCUT2D eigenvalue weighted by molar-refractivity contribution is -0.301. The molecule has 2 aliphatic rings. The molecule has 0 saturated carbocycles. The van der Waals surface area contributed by atoms with Gasteiger partial charge >= 0.3 is 47.8 Å². The highest BCUT2D eigenvalue weighted by atomic mass is 16.7. The zero-order chi connectivity index (χ0) is 64.0. The molecule has 8 aromatic carbocycles. The van der Waals surface area contributed by atoms with Crippen LogP contribution in [0.25, 0.3) is 0 Å². The highest BCUT2D eigenvalue weighted by Crippen LogP contribution is 2.34. The predicted octanol–water partition coefficient (Wildman–Crippen LogP) is 10.3. The van der Waals surface area contributed by atoms with E-state index in [-0.39, 0.29) is 70.6 Å². The maximum absolute atomic E-state index is 14.2. The lowest BCUT2D eigenvalue weighted by Crippen LogP contribution is -2.63. The van der Waals surface area contributed by atoms with Gasteiger partial charge in [-0.25, -0.2) is 38.4 Å². The van der Waals surface area contributed by atoms with Gasteiger partial charge in [0.05, 0.1) is 44.5 Å². The van der Waals surface area contributed by atoms with Crippen molar-refractivity contribution in [2.24, 2.45) is 0 Å². The van der Waals surface area contributed by atoms with Crippen LogP contribution in [0.1, 0.15) is 95.7 Å². The van der Waals surface area contributed by atoms with Crippen LogP contribution in [0.15, 0.2) is 243 Å². The first kappa shape index (κ1) is 64.3. The van der Waals surface area contributed by atoms with Crippen molar-refractivity contribution < 1.29 is 95.2 Å². The topological polar surface area (TPSA) is 247 Å². The van der Waals surface area contributed by atoms with Crippen molar-refractivity contribution in [2.45, 2.75) is 74.3 Å². The van der Waals surface area contributed by atoms with Crippen LogP contribution in [0.3, 0.4) is 0 Å². The minimum atomic E-state index is -1.69. The van der Waals surface area contributed by atoms with Gasteiger partial charge in [0, 0.05) is 13.2 Å². The Kier molecular flexibility index (Phi) is 22.5. The Morgan fingerprint density at radius 1 is 0.250 bits per heavy atom. The van der Waals surface area contributed by atoms with E-state index in [0.29, 0.717) is 0 Å². The highest BCUT2D eigenvalue weighted by Gasteiger charge is 2.55. The Morgan fingerprint density at radius 2 is 0.446 bits per heavy atom. The van der Waals surface area contributed by atoms with Gasteiger partial charge in [0.15, 0.2) is 49.2 Å². The minimum absolute atomic E-state index is 0.0905. The predicted molar refractivity (Wildman–Crippen MR) is 326 cm³/mol. The van der Waals surface area contributed by atoms with Crippen molar-refractivity contribution in [1.82, 2.24) is 0 Å². The maximum atomic E-state index is 14.2. The van der Waals surface area contributed by atoms with Crippen molar-refractivity contribution in [1.29, 1.82) is 0 Å². The molecule has 8 aromatic rings. The Balaban J connectivity index is 0.940. The molecule has 0 unspecified atom stereocenters. The third-order valence-corrected chi connectivity index (χ3v) is 14.6. The molecule has 20 nitrogen and oxygen atoms in total. The van der Waals surface area contributed by atoms with Crippen LogP contribution in [0.5, 0.6) is 0 Å². The van der Waals surface area contributed by atoms with Crippen molar-refractivity contribution in [2.75, 3.05) is 26.4 Å². The lowest BCUT2D eigenvalue weighted by atomic mass is 9.97. The molecule has 470 valence electrons. The summed E-state index contributed by atoms with van der Waals surface area (Å²) in [5.41, 5.74) is 0.968. The average Bonchev–Trinajstić information content (AvgIpc) is 0.920. The van der Waals surface area contributed by atoms with Gasteiger partial charge in [-0.05, 0) is 110 Å². The molecular formula is C72H62O20. The van der Waals surface area contributed by atoms with Gasteiger partial charge in [0.1, 0.15) is 25.4 Å². The molecule has 0 spiro atoms. The molecular weight excluding hydrogens is 1180 g/mol. The molecule has 0 aliphatic carbocycles. The number of rotatable bonds is 25. The summed E-state index contributed by atoms with van der Waals surface area (Å²) in [7, 11) is 0. The molecule has 0 radical (unpaired) electrons. The Hall–Kier alpha value is -10.6. The second-order valence-electron chi connectivity index (χ2n) is 20.9. The van der Waals surface area contributed by atoms with Crippen LogP contribution in [0.2, 0.25) is 0 Å². The molecule has 2 heterocycles. The van der Waals surface area contributed by atoms with Crippen molar-refractivity contribution in [3.63, 3.8) is 0 Å². The Morgan fingerprint density at radius 3 is 0.674 bits per heavy atom. The quantitative estimate of drug-likeness (QED) is 0.0293. The fourth-order valence-corrected chi connectivity index (χ4v) is 9.93. The van der Waals surface area contributed by atoms with Crippen LogP contribution < -0.4 is 0 Å². The number of carbonyl (C=O) groups excluding carboxylic acids is 8. The third-order valence-electron chi connectivity index (χ3n) is 14.6. The van der Waals surface area contributed by atoms with E-state index in [1.165, 1.54) is 97.1 Å².